The van der Waals surface area contributed by atoms with Crippen LogP contribution < -0.4 is 10.2 Å². The van der Waals surface area contributed by atoms with Crippen LogP contribution in [0.1, 0.15) is 26.5 Å². The lowest BCUT2D eigenvalue weighted by molar-refractivity contribution is -0.135. The van der Waals surface area contributed by atoms with Crippen molar-refractivity contribution in [3.8, 4) is 0 Å². The molecule has 2 rings (SSSR count). The Kier molecular flexibility index (Phi) is 5.46. The van der Waals surface area contributed by atoms with E-state index in [1.165, 1.54) is 4.90 Å². The van der Waals surface area contributed by atoms with Crippen LogP contribution in [-0.2, 0) is 15.1 Å². The molecule has 0 saturated carbocycles. The van der Waals surface area contributed by atoms with Gasteiger partial charge in [-0.25, -0.2) is 4.68 Å². The number of carbonyl (C=O) groups excluding carboxylic acids is 1. The first-order chi connectivity index (χ1) is 11.7. The second-order valence-electron chi connectivity index (χ2n) is 6.89. The van der Waals surface area contributed by atoms with Crippen molar-refractivity contribution in [1.82, 2.24) is 9.78 Å². The fourth-order valence-corrected chi connectivity index (χ4v) is 2.50. The quantitative estimate of drug-likeness (QED) is 0.840. The third kappa shape index (κ3) is 5.07. The van der Waals surface area contributed by atoms with Crippen LogP contribution in [-0.4, -0.2) is 39.9 Å². The summed E-state index contributed by atoms with van der Waals surface area (Å²) in [4.78, 5) is 25.1. The standard InChI is InChI=1S/C18H24N4O3/c1-13-10-15(22(20-13)18(2,3)4)19-16(23)11-21(12-17(24)25)14-8-6-5-7-9-14/h5-10H,11-12H2,1-4H3,(H,19,23)(H,24,25). The summed E-state index contributed by atoms with van der Waals surface area (Å²) >= 11 is 0. The summed E-state index contributed by atoms with van der Waals surface area (Å²) in [7, 11) is 0. The molecule has 1 aromatic heterocycles. The minimum atomic E-state index is -0.993. The van der Waals surface area contributed by atoms with Crippen molar-refractivity contribution < 1.29 is 14.7 Å². The van der Waals surface area contributed by atoms with E-state index >= 15 is 0 Å². The van der Waals surface area contributed by atoms with Crippen LogP contribution in [0.3, 0.4) is 0 Å². The molecule has 134 valence electrons. The number of carbonyl (C=O) groups is 2. The van der Waals surface area contributed by atoms with Gasteiger partial charge in [-0.05, 0) is 39.8 Å². The topological polar surface area (TPSA) is 87.5 Å². The highest BCUT2D eigenvalue weighted by Gasteiger charge is 2.21. The molecular formula is C18H24N4O3. The molecule has 0 radical (unpaired) electrons. The zero-order valence-electron chi connectivity index (χ0n) is 15.0. The Balaban J connectivity index is 2.16. The van der Waals surface area contributed by atoms with Gasteiger partial charge in [0.2, 0.25) is 5.91 Å². The highest BCUT2D eigenvalue weighted by Crippen LogP contribution is 2.21. The Morgan fingerprint density at radius 1 is 1.20 bits per heavy atom. The number of nitrogens with one attached hydrogen (secondary N) is 1. The molecule has 25 heavy (non-hydrogen) atoms. The molecule has 7 heteroatoms. The molecule has 7 nitrogen and oxygen atoms in total. The maximum absolute atomic E-state index is 12.5. The molecule has 2 N–H and O–H groups in total. The molecule has 0 atom stereocenters. The Morgan fingerprint density at radius 3 is 2.40 bits per heavy atom. The van der Waals surface area contributed by atoms with Gasteiger partial charge in [-0.1, -0.05) is 18.2 Å². The second kappa shape index (κ2) is 7.38. The Hall–Kier alpha value is -2.83. The van der Waals surface area contributed by atoms with E-state index in [-0.39, 0.29) is 24.5 Å². The Morgan fingerprint density at radius 2 is 1.84 bits per heavy atom. The summed E-state index contributed by atoms with van der Waals surface area (Å²) < 4.78 is 1.75. The van der Waals surface area contributed by atoms with E-state index in [0.717, 1.165) is 5.69 Å². The number of aryl methyl sites for hydroxylation is 1. The average Bonchev–Trinajstić information content (AvgIpc) is 2.87. The normalized spacial score (nSPS) is 11.2. The summed E-state index contributed by atoms with van der Waals surface area (Å²) in [5.41, 5.74) is 1.20. The number of carboxylic acids is 1. The van der Waals surface area contributed by atoms with Crippen molar-refractivity contribution in [2.45, 2.75) is 33.2 Å². The molecule has 1 heterocycles. The molecular weight excluding hydrogens is 320 g/mol. The fraction of sp³-hybridized carbons (Fsp3) is 0.389. The van der Waals surface area contributed by atoms with Crippen LogP contribution in [0.2, 0.25) is 0 Å². The zero-order valence-corrected chi connectivity index (χ0v) is 15.0. The van der Waals surface area contributed by atoms with Gasteiger partial charge < -0.3 is 15.3 Å². The summed E-state index contributed by atoms with van der Waals surface area (Å²) in [6.45, 7) is 7.53. The number of anilines is 2. The highest BCUT2D eigenvalue weighted by atomic mass is 16.4. The van der Waals surface area contributed by atoms with E-state index in [2.05, 4.69) is 10.4 Å². The number of nitrogens with zero attached hydrogens (tertiary/aromatic N) is 3. The monoisotopic (exact) mass is 344 g/mol. The maximum atomic E-state index is 12.5. The van der Waals surface area contributed by atoms with E-state index < -0.39 is 5.97 Å². The van der Waals surface area contributed by atoms with Crippen LogP contribution in [0.25, 0.3) is 0 Å². The lowest BCUT2D eigenvalue weighted by Gasteiger charge is -2.24. The molecule has 0 aliphatic carbocycles. The van der Waals surface area contributed by atoms with Crippen molar-refractivity contribution in [2.24, 2.45) is 0 Å². The van der Waals surface area contributed by atoms with Gasteiger partial charge in [0.1, 0.15) is 12.4 Å². The molecule has 1 amide bonds. The molecule has 0 bridgehead atoms. The van der Waals surface area contributed by atoms with E-state index in [0.29, 0.717) is 11.5 Å². The van der Waals surface area contributed by atoms with Gasteiger partial charge in [-0.15, -0.1) is 0 Å². The SMILES string of the molecule is Cc1cc(NC(=O)CN(CC(=O)O)c2ccccc2)n(C(C)(C)C)n1. The van der Waals surface area contributed by atoms with Crippen molar-refractivity contribution in [3.05, 3.63) is 42.1 Å². The molecule has 0 saturated heterocycles. The largest absolute Gasteiger partial charge is 0.480 e. The van der Waals surface area contributed by atoms with Gasteiger partial charge >= 0.3 is 5.97 Å². The third-order valence-electron chi connectivity index (χ3n) is 3.52. The summed E-state index contributed by atoms with van der Waals surface area (Å²) in [6.07, 6.45) is 0. The average molecular weight is 344 g/mol. The van der Waals surface area contributed by atoms with Crippen LogP contribution in [0.5, 0.6) is 0 Å². The van der Waals surface area contributed by atoms with Gasteiger partial charge in [0.25, 0.3) is 0 Å². The smallest absolute Gasteiger partial charge is 0.323 e. The van der Waals surface area contributed by atoms with Gasteiger partial charge in [0.15, 0.2) is 0 Å². The number of hydrogen-bond donors (Lipinski definition) is 2. The Labute approximate surface area is 147 Å². The first kappa shape index (κ1) is 18.5. The molecule has 0 fully saturated rings. The fourth-order valence-electron chi connectivity index (χ4n) is 2.50. The molecule has 0 aliphatic rings. The zero-order chi connectivity index (χ0) is 18.6. The van der Waals surface area contributed by atoms with E-state index in [4.69, 9.17) is 5.11 Å². The minimum Gasteiger partial charge on any atom is -0.480 e. The van der Waals surface area contributed by atoms with Crippen LogP contribution in [0.4, 0.5) is 11.5 Å². The lowest BCUT2D eigenvalue weighted by atomic mass is 10.1. The molecule has 0 spiro atoms. The van der Waals surface area contributed by atoms with Gasteiger partial charge in [-0.3, -0.25) is 9.59 Å². The highest BCUT2D eigenvalue weighted by molar-refractivity contribution is 5.94. The number of benzene rings is 1. The van der Waals surface area contributed by atoms with Crippen molar-refractivity contribution >= 4 is 23.4 Å². The van der Waals surface area contributed by atoms with Crippen LogP contribution >= 0.6 is 0 Å². The van der Waals surface area contributed by atoms with Gasteiger partial charge in [0.05, 0.1) is 17.8 Å². The molecule has 0 aliphatic heterocycles. The second-order valence-corrected chi connectivity index (χ2v) is 6.89. The minimum absolute atomic E-state index is 0.0648. The maximum Gasteiger partial charge on any atom is 0.323 e. The molecule has 1 aromatic carbocycles. The van der Waals surface area contributed by atoms with Gasteiger partial charge in [0, 0.05) is 11.8 Å². The Bertz CT molecular complexity index is 747. The number of hydrogen-bond acceptors (Lipinski definition) is 4. The van der Waals surface area contributed by atoms with E-state index in [9.17, 15) is 9.59 Å². The number of amides is 1. The summed E-state index contributed by atoms with van der Waals surface area (Å²) in [6, 6.07) is 10.8. The predicted molar refractivity (Wildman–Crippen MR) is 96.9 cm³/mol. The first-order valence-electron chi connectivity index (χ1n) is 8.05. The number of carboxylic acid groups (broad SMARTS) is 1. The van der Waals surface area contributed by atoms with Crippen LogP contribution in [0, 0.1) is 6.92 Å². The third-order valence-corrected chi connectivity index (χ3v) is 3.52. The number of aromatic nitrogens is 2. The molecule has 2 aromatic rings. The predicted octanol–water partition coefficient (Wildman–Crippen LogP) is 2.48. The van der Waals surface area contributed by atoms with E-state index in [1.54, 1.807) is 35.0 Å². The number of aliphatic carboxylic acids is 1. The van der Waals surface area contributed by atoms with Crippen molar-refractivity contribution in [3.63, 3.8) is 0 Å². The van der Waals surface area contributed by atoms with Crippen molar-refractivity contribution in [2.75, 3.05) is 23.3 Å². The summed E-state index contributed by atoms with van der Waals surface area (Å²) in [5, 5.41) is 16.4. The first-order valence-corrected chi connectivity index (χ1v) is 8.05. The summed E-state index contributed by atoms with van der Waals surface area (Å²) in [5.74, 6) is -0.693. The van der Waals surface area contributed by atoms with Crippen molar-refractivity contribution in [1.29, 1.82) is 0 Å². The number of rotatable bonds is 6. The van der Waals surface area contributed by atoms with Gasteiger partial charge in [-0.2, -0.15) is 5.10 Å². The number of para-hydroxylation sites is 1. The lowest BCUT2D eigenvalue weighted by Crippen LogP contribution is -2.37. The van der Waals surface area contributed by atoms with E-state index in [1.807, 2.05) is 33.8 Å². The molecule has 0 unspecified atom stereocenters. The van der Waals surface area contributed by atoms with Crippen LogP contribution in [0.15, 0.2) is 36.4 Å².